The average Bonchev–Trinajstić information content (AvgIpc) is 2.81. The monoisotopic (exact) mass is 253 g/mol. The Hall–Kier alpha value is -1.86. The Morgan fingerprint density at radius 1 is 1.39 bits per heavy atom. The molecule has 0 saturated heterocycles. The second-order valence-electron chi connectivity index (χ2n) is 4.06. The number of nitrogens with two attached hydrogens (primary N) is 2. The van der Waals surface area contributed by atoms with Crippen molar-refractivity contribution in [2.24, 2.45) is 11.5 Å². The lowest BCUT2D eigenvalue weighted by molar-refractivity contribution is -0.385. The molecular weight excluding hydrogens is 238 g/mol. The van der Waals surface area contributed by atoms with E-state index in [1.165, 1.54) is 6.07 Å². The molecule has 1 aliphatic heterocycles. The van der Waals surface area contributed by atoms with Gasteiger partial charge in [0.15, 0.2) is 11.5 Å². The molecule has 0 bridgehead atoms. The van der Waals surface area contributed by atoms with E-state index in [0.29, 0.717) is 36.4 Å². The third-order valence-corrected chi connectivity index (χ3v) is 2.84. The summed E-state index contributed by atoms with van der Waals surface area (Å²) in [6.07, 6.45) is 1.31. The van der Waals surface area contributed by atoms with Crippen LogP contribution in [0.4, 0.5) is 5.69 Å². The first-order valence-corrected chi connectivity index (χ1v) is 5.67. The number of nitro groups is 1. The van der Waals surface area contributed by atoms with Crippen molar-refractivity contribution in [2.45, 2.75) is 18.9 Å². The zero-order valence-corrected chi connectivity index (χ0v) is 9.80. The highest BCUT2D eigenvalue weighted by Crippen LogP contribution is 2.40. The first kappa shape index (κ1) is 12.6. The van der Waals surface area contributed by atoms with E-state index >= 15 is 0 Å². The molecule has 0 saturated carbocycles. The Morgan fingerprint density at radius 2 is 2.06 bits per heavy atom. The maximum Gasteiger partial charge on any atom is 0.278 e. The van der Waals surface area contributed by atoms with Crippen LogP contribution < -0.4 is 20.9 Å². The predicted octanol–water partition coefficient (Wildman–Crippen LogP) is 1.06. The van der Waals surface area contributed by atoms with Gasteiger partial charge in [0.1, 0.15) is 0 Å². The zero-order chi connectivity index (χ0) is 13.1. The molecule has 18 heavy (non-hydrogen) atoms. The Labute approximate surface area is 104 Å². The van der Waals surface area contributed by atoms with Crippen LogP contribution in [-0.2, 0) is 0 Å². The van der Waals surface area contributed by atoms with Crippen LogP contribution in [0.1, 0.15) is 24.4 Å². The van der Waals surface area contributed by atoms with E-state index in [0.717, 1.165) is 0 Å². The largest absolute Gasteiger partial charge is 0.454 e. The van der Waals surface area contributed by atoms with Gasteiger partial charge in [-0.05, 0) is 25.5 Å². The van der Waals surface area contributed by atoms with E-state index in [4.69, 9.17) is 20.9 Å². The molecule has 0 aromatic heterocycles. The fourth-order valence-electron chi connectivity index (χ4n) is 1.90. The summed E-state index contributed by atoms with van der Waals surface area (Å²) in [6, 6.07) is 2.52. The number of nitrogens with zero attached hydrogens (tertiary/aromatic N) is 1. The van der Waals surface area contributed by atoms with Crippen LogP contribution in [0.3, 0.4) is 0 Å². The van der Waals surface area contributed by atoms with Crippen molar-refractivity contribution in [1.29, 1.82) is 0 Å². The SMILES string of the molecule is NCCC[C@H](N)c1cc2c(cc1[N+](=O)[O-])OCO2. The van der Waals surface area contributed by atoms with E-state index in [9.17, 15) is 10.1 Å². The molecule has 1 atom stereocenters. The third kappa shape index (κ3) is 2.36. The van der Waals surface area contributed by atoms with E-state index in [1.54, 1.807) is 6.07 Å². The minimum Gasteiger partial charge on any atom is -0.454 e. The van der Waals surface area contributed by atoms with Gasteiger partial charge in [0.2, 0.25) is 6.79 Å². The summed E-state index contributed by atoms with van der Waals surface area (Å²) in [5.41, 5.74) is 11.8. The highest BCUT2D eigenvalue weighted by Gasteiger charge is 2.26. The van der Waals surface area contributed by atoms with Crippen molar-refractivity contribution in [3.05, 3.63) is 27.8 Å². The van der Waals surface area contributed by atoms with Crippen LogP contribution in [0, 0.1) is 10.1 Å². The topological polar surface area (TPSA) is 114 Å². The second-order valence-corrected chi connectivity index (χ2v) is 4.06. The fraction of sp³-hybridized carbons (Fsp3) is 0.455. The summed E-state index contributed by atoms with van der Waals surface area (Å²) >= 11 is 0. The minimum atomic E-state index is -0.459. The number of nitro benzene ring substituents is 1. The van der Waals surface area contributed by atoms with E-state index < -0.39 is 11.0 Å². The standard InChI is InChI=1S/C11H15N3O4/c12-3-1-2-8(13)7-4-10-11(18-6-17-10)5-9(7)14(15)16/h4-5,8H,1-3,6,12-13H2/t8-/m0/s1. The first-order valence-electron chi connectivity index (χ1n) is 5.67. The number of rotatable bonds is 5. The van der Waals surface area contributed by atoms with Gasteiger partial charge in [-0.25, -0.2) is 0 Å². The number of fused-ring (bicyclic) bond motifs is 1. The molecule has 0 aliphatic carbocycles. The van der Waals surface area contributed by atoms with Crippen molar-refractivity contribution >= 4 is 5.69 Å². The minimum absolute atomic E-state index is 0.0382. The number of hydrogen-bond donors (Lipinski definition) is 2. The van der Waals surface area contributed by atoms with Gasteiger partial charge in [0, 0.05) is 6.04 Å². The molecule has 2 rings (SSSR count). The van der Waals surface area contributed by atoms with Gasteiger partial charge in [-0.15, -0.1) is 0 Å². The molecular formula is C11H15N3O4. The Balaban J connectivity index is 2.35. The summed E-state index contributed by atoms with van der Waals surface area (Å²) in [5.74, 6) is 0.885. The van der Waals surface area contributed by atoms with E-state index in [2.05, 4.69) is 0 Å². The van der Waals surface area contributed by atoms with E-state index in [1.807, 2.05) is 0 Å². The summed E-state index contributed by atoms with van der Waals surface area (Å²) in [6.45, 7) is 0.583. The van der Waals surface area contributed by atoms with Gasteiger partial charge in [-0.2, -0.15) is 0 Å². The van der Waals surface area contributed by atoms with Crippen LogP contribution in [0.15, 0.2) is 12.1 Å². The highest BCUT2D eigenvalue weighted by atomic mass is 16.7. The molecule has 98 valence electrons. The summed E-state index contributed by atoms with van der Waals surface area (Å²) in [7, 11) is 0. The lowest BCUT2D eigenvalue weighted by Gasteiger charge is -2.12. The van der Waals surface area contributed by atoms with E-state index in [-0.39, 0.29) is 12.5 Å². The molecule has 0 amide bonds. The molecule has 7 nitrogen and oxygen atoms in total. The van der Waals surface area contributed by atoms with Gasteiger partial charge in [-0.1, -0.05) is 0 Å². The summed E-state index contributed by atoms with van der Waals surface area (Å²) < 4.78 is 10.3. The Morgan fingerprint density at radius 3 is 2.67 bits per heavy atom. The second kappa shape index (κ2) is 5.19. The normalized spacial score (nSPS) is 14.6. The number of ether oxygens (including phenoxy) is 2. The smallest absolute Gasteiger partial charge is 0.278 e. The first-order chi connectivity index (χ1) is 8.63. The summed E-state index contributed by atoms with van der Waals surface area (Å²) in [4.78, 5) is 10.6. The van der Waals surface area contributed by atoms with Gasteiger partial charge in [-0.3, -0.25) is 10.1 Å². The molecule has 1 aliphatic rings. The predicted molar refractivity (Wildman–Crippen MR) is 64.4 cm³/mol. The molecule has 0 unspecified atom stereocenters. The van der Waals surface area contributed by atoms with Crippen molar-refractivity contribution in [2.75, 3.05) is 13.3 Å². The highest BCUT2D eigenvalue weighted by molar-refractivity contribution is 5.56. The summed E-state index contributed by atoms with van der Waals surface area (Å²) in [5, 5.41) is 11.0. The van der Waals surface area contributed by atoms with Crippen molar-refractivity contribution in [3.63, 3.8) is 0 Å². The number of hydrogen-bond acceptors (Lipinski definition) is 6. The lowest BCUT2D eigenvalue weighted by atomic mass is 10.0. The van der Waals surface area contributed by atoms with Gasteiger partial charge in [0.05, 0.1) is 16.6 Å². The molecule has 0 radical (unpaired) electrons. The Kier molecular flexibility index (Phi) is 3.63. The molecule has 1 aromatic carbocycles. The zero-order valence-electron chi connectivity index (χ0n) is 9.80. The van der Waals surface area contributed by atoms with Crippen molar-refractivity contribution < 1.29 is 14.4 Å². The Bertz CT molecular complexity index is 464. The molecule has 7 heteroatoms. The lowest BCUT2D eigenvalue weighted by Crippen LogP contribution is -2.14. The maximum absolute atomic E-state index is 11.0. The quantitative estimate of drug-likeness (QED) is 0.599. The molecule has 1 aromatic rings. The third-order valence-electron chi connectivity index (χ3n) is 2.84. The van der Waals surface area contributed by atoms with Crippen LogP contribution >= 0.6 is 0 Å². The van der Waals surface area contributed by atoms with Crippen LogP contribution in [0.25, 0.3) is 0 Å². The number of benzene rings is 1. The van der Waals surface area contributed by atoms with Gasteiger partial charge >= 0.3 is 0 Å². The maximum atomic E-state index is 11.0. The van der Waals surface area contributed by atoms with Gasteiger partial charge < -0.3 is 20.9 Å². The van der Waals surface area contributed by atoms with Crippen LogP contribution in [0.2, 0.25) is 0 Å². The molecule has 0 fully saturated rings. The van der Waals surface area contributed by atoms with Crippen LogP contribution in [-0.4, -0.2) is 18.3 Å². The van der Waals surface area contributed by atoms with Crippen LogP contribution in [0.5, 0.6) is 11.5 Å². The molecule has 0 spiro atoms. The molecule has 1 heterocycles. The van der Waals surface area contributed by atoms with Gasteiger partial charge in [0.25, 0.3) is 5.69 Å². The molecule has 4 N–H and O–H groups in total. The average molecular weight is 253 g/mol. The van der Waals surface area contributed by atoms with Crippen molar-refractivity contribution in [3.8, 4) is 11.5 Å². The van der Waals surface area contributed by atoms with Crippen molar-refractivity contribution in [1.82, 2.24) is 0 Å². The fourth-order valence-corrected chi connectivity index (χ4v) is 1.90.